The van der Waals surface area contributed by atoms with Crippen molar-refractivity contribution >= 4 is 35.2 Å². The smallest absolute Gasteiger partial charge is 0.255 e. The molecule has 12 heteroatoms. The molecular formula is C31H36ClN7O4. The number of fused-ring (bicyclic) bond motifs is 1. The van der Waals surface area contributed by atoms with Crippen LogP contribution in [0.4, 0.5) is 11.8 Å². The first-order valence-corrected chi connectivity index (χ1v) is 15.2. The van der Waals surface area contributed by atoms with Crippen LogP contribution in [-0.4, -0.2) is 81.8 Å². The van der Waals surface area contributed by atoms with Crippen LogP contribution >= 0.6 is 11.6 Å². The van der Waals surface area contributed by atoms with E-state index in [0.717, 1.165) is 55.7 Å². The summed E-state index contributed by atoms with van der Waals surface area (Å²) in [5.41, 5.74) is 3.33. The predicted molar refractivity (Wildman–Crippen MR) is 163 cm³/mol. The number of hydrogen-bond acceptors (Lipinski definition) is 9. The summed E-state index contributed by atoms with van der Waals surface area (Å²) in [7, 11) is 0. The fraction of sp³-hybridized carbons (Fsp3) is 0.452. The molecule has 0 unspecified atom stereocenters. The Bertz CT molecular complexity index is 1490. The first kappa shape index (κ1) is 29.3. The Balaban J connectivity index is 1.15. The van der Waals surface area contributed by atoms with Crippen LogP contribution in [0.15, 0.2) is 42.7 Å². The van der Waals surface area contributed by atoms with Crippen LogP contribution in [0.2, 0.25) is 5.02 Å². The van der Waals surface area contributed by atoms with Gasteiger partial charge in [0.2, 0.25) is 11.9 Å². The van der Waals surface area contributed by atoms with Gasteiger partial charge in [-0.1, -0.05) is 23.7 Å². The number of hydrogen-bond donors (Lipinski definition) is 3. The van der Waals surface area contributed by atoms with E-state index in [0.29, 0.717) is 47.6 Å². The zero-order valence-electron chi connectivity index (χ0n) is 24.1. The van der Waals surface area contributed by atoms with E-state index in [9.17, 15) is 14.7 Å². The maximum Gasteiger partial charge on any atom is 0.255 e. The summed E-state index contributed by atoms with van der Waals surface area (Å²) >= 11 is 6.49. The van der Waals surface area contributed by atoms with Crippen molar-refractivity contribution in [2.24, 2.45) is 0 Å². The van der Waals surface area contributed by atoms with E-state index in [1.54, 1.807) is 36.4 Å². The standard InChI is InChI=1S/C31H36ClN7O4/c1-19(29(41)36-26(18-40)20-6-9-33-27(15-20)38-10-2-3-11-38)39-17-22-5-4-21(14-24(22)30(39)42)28-25(32)16-34-31(37-28)35-23-7-12-43-13-8-23/h4-6,9,14-16,19,23,26,40H,2-3,7-8,10-13,17-18H2,1H3,(H,36,41)(H,34,35,37)/t19-,26-/m1/s1. The van der Waals surface area contributed by atoms with Gasteiger partial charge >= 0.3 is 0 Å². The number of nitrogens with zero attached hydrogens (tertiary/aromatic N) is 5. The minimum atomic E-state index is -0.754. The molecule has 0 radical (unpaired) electrons. The normalized spacial score (nSPS) is 18.4. The summed E-state index contributed by atoms with van der Waals surface area (Å²) in [6.07, 6.45) is 7.26. The van der Waals surface area contributed by atoms with Gasteiger partial charge in [-0.3, -0.25) is 9.59 Å². The summed E-state index contributed by atoms with van der Waals surface area (Å²) in [5.74, 6) is 0.728. The number of rotatable bonds is 9. The van der Waals surface area contributed by atoms with Crippen LogP contribution in [0.3, 0.4) is 0 Å². The van der Waals surface area contributed by atoms with Gasteiger partial charge in [0.25, 0.3) is 5.91 Å². The molecule has 2 atom stereocenters. The minimum Gasteiger partial charge on any atom is -0.394 e. The highest BCUT2D eigenvalue weighted by Gasteiger charge is 2.35. The average Bonchev–Trinajstić information content (AvgIpc) is 3.69. The Morgan fingerprint density at radius 3 is 2.72 bits per heavy atom. The molecule has 3 aliphatic rings. The molecular weight excluding hydrogens is 570 g/mol. The molecule has 6 rings (SSSR count). The van der Waals surface area contributed by atoms with E-state index < -0.39 is 12.1 Å². The third-order valence-corrected chi connectivity index (χ3v) is 8.74. The highest BCUT2D eigenvalue weighted by molar-refractivity contribution is 6.33. The Morgan fingerprint density at radius 1 is 1.16 bits per heavy atom. The van der Waals surface area contributed by atoms with Gasteiger partial charge in [0.05, 0.1) is 29.6 Å². The maximum absolute atomic E-state index is 13.6. The first-order chi connectivity index (χ1) is 20.9. The van der Waals surface area contributed by atoms with Crippen molar-refractivity contribution in [3.63, 3.8) is 0 Å². The van der Waals surface area contributed by atoms with E-state index in [2.05, 4.69) is 30.5 Å². The highest BCUT2D eigenvalue weighted by Crippen LogP contribution is 2.33. The number of carbonyl (C=O) groups excluding carboxylic acids is 2. The molecule has 2 amide bonds. The molecule has 2 aromatic heterocycles. The SMILES string of the molecule is C[C@H](C(=O)N[C@H](CO)c1ccnc(N2CCCC2)c1)N1Cc2ccc(-c3nc(NC4CCOCC4)ncc3Cl)cc2C1=O. The van der Waals surface area contributed by atoms with Gasteiger partial charge in [0.1, 0.15) is 11.9 Å². The molecule has 1 aromatic carbocycles. The lowest BCUT2D eigenvalue weighted by Crippen LogP contribution is -2.46. The second kappa shape index (κ2) is 12.8. The van der Waals surface area contributed by atoms with Crippen LogP contribution in [-0.2, 0) is 16.1 Å². The topological polar surface area (TPSA) is 133 Å². The maximum atomic E-state index is 13.6. The number of anilines is 2. The average molecular weight is 606 g/mol. The molecule has 43 heavy (non-hydrogen) atoms. The molecule has 0 saturated carbocycles. The Morgan fingerprint density at radius 2 is 1.95 bits per heavy atom. The molecule has 2 saturated heterocycles. The van der Waals surface area contributed by atoms with Crippen LogP contribution in [0.5, 0.6) is 0 Å². The summed E-state index contributed by atoms with van der Waals surface area (Å²) in [5, 5.41) is 16.8. The second-order valence-electron chi connectivity index (χ2n) is 11.3. The zero-order valence-corrected chi connectivity index (χ0v) is 24.9. The van der Waals surface area contributed by atoms with E-state index in [1.165, 1.54) is 0 Å². The largest absolute Gasteiger partial charge is 0.394 e. The number of benzene rings is 1. The van der Waals surface area contributed by atoms with Crippen LogP contribution in [0, 0.1) is 0 Å². The van der Waals surface area contributed by atoms with Crippen molar-refractivity contribution in [3.8, 4) is 11.3 Å². The summed E-state index contributed by atoms with van der Waals surface area (Å²) in [4.78, 5) is 44.1. The van der Waals surface area contributed by atoms with Crippen molar-refractivity contribution in [1.82, 2.24) is 25.2 Å². The van der Waals surface area contributed by atoms with Crippen LogP contribution in [0.25, 0.3) is 11.3 Å². The Labute approximate surface area is 255 Å². The van der Waals surface area contributed by atoms with Gasteiger partial charge in [-0.25, -0.2) is 15.0 Å². The molecule has 0 bridgehead atoms. The molecule has 3 aliphatic heterocycles. The third-order valence-electron chi connectivity index (χ3n) is 8.46. The van der Waals surface area contributed by atoms with Crippen molar-refractivity contribution in [2.45, 2.75) is 57.3 Å². The van der Waals surface area contributed by atoms with Gasteiger partial charge in [0, 0.05) is 56.2 Å². The Hall–Kier alpha value is -3.80. The molecule has 226 valence electrons. The molecule has 0 spiro atoms. The Kier molecular flexibility index (Phi) is 8.73. The number of aliphatic hydroxyl groups excluding tert-OH is 1. The van der Waals surface area contributed by atoms with Gasteiger partial charge in [-0.2, -0.15) is 0 Å². The van der Waals surface area contributed by atoms with E-state index >= 15 is 0 Å². The lowest BCUT2D eigenvalue weighted by atomic mass is 10.0. The van der Waals surface area contributed by atoms with E-state index in [-0.39, 0.29) is 24.5 Å². The number of ether oxygens (including phenoxy) is 1. The fourth-order valence-corrected chi connectivity index (χ4v) is 6.09. The van der Waals surface area contributed by atoms with E-state index in [1.807, 2.05) is 18.2 Å². The van der Waals surface area contributed by atoms with E-state index in [4.69, 9.17) is 16.3 Å². The number of amides is 2. The van der Waals surface area contributed by atoms with Crippen LogP contribution < -0.4 is 15.5 Å². The van der Waals surface area contributed by atoms with Crippen LogP contribution in [0.1, 0.15) is 60.1 Å². The van der Waals surface area contributed by atoms with Crippen molar-refractivity contribution < 1.29 is 19.4 Å². The zero-order chi connectivity index (χ0) is 29.9. The fourth-order valence-electron chi connectivity index (χ4n) is 5.89. The summed E-state index contributed by atoms with van der Waals surface area (Å²) in [6, 6.07) is 8.11. The van der Waals surface area contributed by atoms with Crippen molar-refractivity contribution in [2.75, 3.05) is 43.1 Å². The number of pyridine rings is 1. The molecule has 0 aliphatic carbocycles. The van der Waals surface area contributed by atoms with Crippen molar-refractivity contribution in [3.05, 3.63) is 64.4 Å². The minimum absolute atomic E-state index is 0.224. The lowest BCUT2D eigenvalue weighted by molar-refractivity contribution is -0.126. The van der Waals surface area contributed by atoms with Gasteiger partial charge < -0.3 is 30.3 Å². The second-order valence-corrected chi connectivity index (χ2v) is 11.7. The molecule has 3 aromatic rings. The number of aliphatic hydroxyl groups is 1. The van der Waals surface area contributed by atoms with Gasteiger partial charge in [-0.15, -0.1) is 0 Å². The highest BCUT2D eigenvalue weighted by atomic mass is 35.5. The molecule has 5 heterocycles. The number of nitrogens with one attached hydrogen (secondary N) is 2. The number of aromatic nitrogens is 3. The lowest BCUT2D eigenvalue weighted by Gasteiger charge is -2.26. The molecule has 11 nitrogen and oxygen atoms in total. The van der Waals surface area contributed by atoms with Crippen molar-refractivity contribution in [1.29, 1.82) is 0 Å². The monoisotopic (exact) mass is 605 g/mol. The molecule has 2 fully saturated rings. The summed E-state index contributed by atoms with van der Waals surface area (Å²) < 4.78 is 5.43. The van der Waals surface area contributed by atoms with Gasteiger partial charge in [0.15, 0.2) is 0 Å². The number of carbonyl (C=O) groups is 2. The number of halogens is 1. The third kappa shape index (κ3) is 6.29. The first-order valence-electron chi connectivity index (χ1n) is 14.8. The molecule has 3 N–H and O–H groups in total. The predicted octanol–water partition coefficient (Wildman–Crippen LogP) is 3.58. The summed E-state index contributed by atoms with van der Waals surface area (Å²) in [6.45, 7) is 5.01. The quantitative estimate of drug-likeness (QED) is 0.335. The van der Waals surface area contributed by atoms with Gasteiger partial charge in [-0.05, 0) is 61.9 Å².